The first-order valence-corrected chi connectivity index (χ1v) is 9.99. The number of amides is 1. The Hall–Kier alpha value is -1.59. The summed E-state index contributed by atoms with van der Waals surface area (Å²) < 4.78 is 5.25. The van der Waals surface area contributed by atoms with Crippen LogP contribution in [0, 0.1) is 0 Å². The van der Waals surface area contributed by atoms with Gasteiger partial charge in [0.1, 0.15) is 5.75 Å². The molecule has 1 N–H and O–H groups in total. The fourth-order valence-corrected chi connectivity index (χ4v) is 4.20. The number of likely N-dealkylation sites (tertiary alicyclic amines) is 2. The number of carbonyl (C=O) groups excluding carboxylic acids is 1. The van der Waals surface area contributed by atoms with Gasteiger partial charge in [-0.3, -0.25) is 9.69 Å². The molecule has 0 saturated carbocycles. The van der Waals surface area contributed by atoms with Gasteiger partial charge < -0.3 is 15.0 Å². The third-order valence-electron chi connectivity index (χ3n) is 5.80. The molecule has 1 aromatic carbocycles. The Morgan fingerprint density at radius 1 is 1.23 bits per heavy atom. The third kappa shape index (κ3) is 5.45. The van der Waals surface area contributed by atoms with Crippen molar-refractivity contribution in [2.75, 3.05) is 40.3 Å². The second-order valence-corrected chi connectivity index (χ2v) is 7.79. The van der Waals surface area contributed by atoms with Crippen LogP contribution in [0.1, 0.15) is 37.7 Å². The summed E-state index contributed by atoms with van der Waals surface area (Å²) in [5, 5.41) is 3.27. The molecule has 2 aliphatic heterocycles. The molecule has 144 valence electrons. The van der Waals surface area contributed by atoms with Gasteiger partial charge in [0.05, 0.1) is 7.11 Å². The van der Waals surface area contributed by atoms with E-state index in [0.717, 1.165) is 30.7 Å². The zero-order valence-corrected chi connectivity index (χ0v) is 16.2. The Morgan fingerprint density at radius 2 is 2.04 bits per heavy atom. The van der Waals surface area contributed by atoms with E-state index in [1.165, 1.54) is 38.9 Å². The molecule has 3 rings (SSSR count). The van der Waals surface area contributed by atoms with Crippen molar-refractivity contribution in [1.29, 1.82) is 0 Å². The van der Waals surface area contributed by atoms with Crippen LogP contribution in [0.4, 0.5) is 0 Å². The number of nitrogens with one attached hydrogen (secondary N) is 1. The van der Waals surface area contributed by atoms with E-state index < -0.39 is 0 Å². The molecule has 0 bridgehead atoms. The molecule has 1 amide bonds. The minimum atomic E-state index is 0.169. The number of carbonyl (C=O) groups is 1. The van der Waals surface area contributed by atoms with Gasteiger partial charge in [0.15, 0.2) is 0 Å². The summed E-state index contributed by atoms with van der Waals surface area (Å²) in [6.07, 6.45) is 6.10. The topological polar surface area (TPSA) is 44.8 Å². The molecule has 5 heteroatoms. The Bertz CT molecular complexity index is 584. The van der Waals surface area contributed by atoms with Gasteiger partial charge in [-0.05, 0) is 76.5 Å². The molecule has 0 unspecified atom stereocenters. The molecule has 2 heterocycles. The van der Waals surface area contributed by atoms with Gasteiger partial charge in [0, 0.05) is 25.0 Å². The number of hydrogen-bond acceptors (Lipinski definition) is 4. The van der Waals surface area contributed by atoms with E-state index in [9.17, 15) is 4.79 Å². The van der Waals surface area contributed by atoms with Crippen molar-refractivity contribution in [1.82, 2.24) is 15.1 Å². The molecule has 0 aliphatic carbocycles. The zero-order chi connectivity index (χ0) is 18.4. The summed E-state index contributed by atoms with van der Waals surface area (Å²) in [4.78, 5) is 17.4. The molecule has 0 radical (unpaired) electrons. The van der Waals surface area contributed by atoms with Crippen molar-refractivity contribution in [3.8, 4) is 5.75 Å². The predicted molar refractivity (Wildman–Crippen MR) is 105 cm³/mol. The normalized spacial score (nSPS) is 22.9. The number of ether oxygens (including phenoxy) is 1. The van der Waals surface area contributed by atoms with Crippen molar-refractivity contribution < 1.29 is 9.53 Å². The lowest BCUT2D eigenvalue weighted by Crippen LogP contribution is -2.53. The molecule has 2 saturated heterocycles. The van der Waals surface area contributed by atoms with Crippen LogP contribution in [0.3, 0.4) is 0 Å². The van der Waals surface area contributed by atoms with Crippen molar-refractivity contribution in [3.63, 3.8) is 0 Å². The third-order valence-corrected chi connectivity index (χ3v) is 5.80. The van der Waals surface area contributed by atoms with Crippen LogP contribution >= 0.6 is 0 Å². The van der Waals surface area contributed by atoms with E-state index >= 15 is 0 Å². The van der Waals surface area contributed by atoms with E-state index in [4.69, 9.17) is 4.74 Å². The SMILES string of the molecule is COc1cccc(CCC(=O)N[C@H]2CCCN(C3CCN(C)CC3)C2)c1. The minimum Gasteiger partial charge on any atom is -0.497 e. The van der Waals surface area contributed by atoms with Gasteiger partial charge in [0.25, 0.3) is 0 Å². The molecule has 0 aromatic heterocycles. The molecular weight excluding hydrogens is 326 g/mol. The fourth-order valence-electron chi connectivity index (χ4n) is 4.20. The lowest BCUT2D eigenvalue weighted by molar-refractivity contribution is -0.122. The van der Waals surface area contributed by atoms with Crippen LogP contribution in [0.5, 0.6) is 5.75 Å². The first-order valence-electron chi connectivity index (χ1n) is 9.99. The lowest BCUT2D eigenvalue weighted by Gasteiger charge is -2.41. The highest BCUT2D eigenvalue weighted by atomic mass is 16.5. The molecule has 2 fully saturated rings. The number of piperidine rings is 2. The number of rotatable bonds is 6. The van der Waals surface area contributed by atoms with Crippen LogP contribution in [0.15, 0.2) is 24.3 Å². The van der Waals surface area contributed by atoms with Crippen LogP contribution in [0.25, 0.3) is 0 Å². The van der Waals surface area contributed by atoms with Gasteiger partial charge in [-0.1, -0.05) is 12.1 Å². The quantitative estimate of drug-likeness (QED) is 0.847. The number of benzene rings is 1. The Labute approximate surface area is 157 Å². The molecule has 2 aliphatic rings. The summed E-state index contributed by atoms with van der Waals surface area (Å²) >= 11 is 0. The monoisotopic (exact) mass is 359 g/mol. The standard InChI is InChI=1S/C21H33N3O2/c1-23-13-10-19(11-14-23)24-12-4-6-18(16-24)22-21(25)9-8-17-5-3-7-20(15-17)26-2/h3,5,7,15,18-19H,4,6,8-14,16H2,1-2H3,(H,22,25)/t18-/m0/s1. The van der Waals surface area contributed by atoms with Crippen LogP contribution < -0.4 is 10.1 Å². The Balaban J connectivity index is 1.43. The molecule has 5 nitrogen and oxygen atoms in total. The highest BCUT2D eigenvalue weighted by molar-refractivity contribution is 5.76. The number of methoxy groups -OCH3 is 1. The lowest BCUT2D eigenvalue weighted by atomic mass is 9.98. The maximum atomic E-state index is 12.4. The summed E-state index contributed by atoms with van der Waals surface area (Å²) in [5.74, 6) is 1.02. The molecule has 1 aromatic rings. The van der Waals surface area contributed by atoms with Crippen LogP contribution in [0.2, 0.25) is 0 Å². The largest absolute Gasteiger partial charge is 0.497 e. The van der Waals surface area contributed by atoms with E-state index in [1.54, 1.807) is 7.11 Å². The van der Waals surface area contributed by atoms with E-state index in [2.05, 4.69) is 28.2 Å². The van der Waals surface area contributed by atoms with E-state index in [-0.39, 0.29) is 5.91 Å². The Morgan fingerprint density at radius 3 is 2.81 bits per heavy atom. The average Bonchev–Trinajstić information content (AvgIpc) is 2.67. The Kier molecular flexibility index (Phi) is 6.92. The van der Waals surface area contributed by atoms with Gasteiger partial charge in [-0.15, -0.1) is 0 Å². The fraction of sp³-hybridized carbons (Fsp3) is 0.667. The van der Waals surface area contributed by atoms with Crippen LogP contribution in [-0.2, 0) is 11.2 Å². The second kappa shape index (κ2) is 9.38. The van der Waals surface area contributed by atoms with E-state index in [1.807, 2.05) is 18.2 Å². The zero-order valence-electron chi connectivity index (χ0n) is 16.2. The van der Waals surface area contributed by atoms with Crippen molar-refractivity contribution in [2.45, 2.75) is 50.6 Å². The van der Waals surface area contributed by atoms with Crippen molar-refractivity contribution in [3.05, 3.63) is 29.8 Å². The summed E-state index contributed by atoms with van der Waals surface area (Å²) in [6.45, 7) is 4.58. The maximum absolute atomic E-state index is 12.4. The molecule has 0 spiro atoms. The summed E-state index contributed by atoms with van der Waals surface area (Å²) in [7, 11) is 3.88. The number of hydrogen-bond donors (Lipinski definition) is 1. The molecular formula is C21H33N3O2. The van der Waals surface area contributed by atoms with Crippen molar-refractivity contribution in [2.24, 2.45) is 0 Å². The predicted octanol–water partition coefficient (Wildman–Crippen LogP) is 2.30. The highest BCUT2D eigenvalue weighted by Gasteiger charge is 2.28. The van der Waals surface area contributed by atoms with Crippen molar-refractivity contribution >= 4 is 5.91 Å². The first kappa shape index (κ1) is 19.2. The highest BCUT2D eigenvalue weighted by Crippen LogP contribution is 2.21. The van der Waals surface area contributed by atoms with Gasteiger partial charge in [0.2, 0.25) is 5.91 Å². The summed E-state index contributed by atoms with van der Waals surface area (Å²) in [5.41, 5.74) is 1.15. The van der Waals surface area contributed by atoms with Gasteiger partial charge in [-0.2, -0.15) is 0 Å². The van der Waals surface area contributed by atoms with Crippen LogP contribution in [-0.4, -0.2) is 68.1 Å². The average molecular weight is 360 g/mol. The minimum absolute atomic E-state index is 0.169. The van der Waals surface area contributed by atoms with E-state index in [0.29, 0.717) is 18.5 Å². The molecule has 26 heavy (non-hydrogen) atoms. The van der Waals surface area contributed by atoms with Gasteiger partial charge >= 0.3 is 0 Å². The first-order chi connectivity index (χ1) is 12.6. The molecule has 1 atom stereocenters. The van der Waals surface area contributed by atoms with Gasteiger partial charge in [-0.25, -0.2) is 0 Å². The second-order valence-electron chi connectivity index (χ2n) is 7.79. The number of aryl methyl sites for hydroxylation is 1. The maximum Gasteiger partial charge on any atom is 0.220 e. The number of nitrogens with zero attached hydrogens (tertiary/aromatic N) is 2. The smallest absolute Gasteiger partial charge is 0.220 e. The summed E-state index contributed by atoms with van der Waals surface area (Å²) in [6, 6.07) is 8.98.